The lowest BCUT2D eigenvalue weighted by Gasteiger charge is -2.37. The predicted octanol–water partition coefficient (Wildman–Crippen LogP) is 3.23. The summed E-state index contributed by atoms with van der Waals surface area (Å²) in [7, 11) is 1.44. The van der Waals surface area contributed by atoms with Crippen molar-refractivity contribution in [3.63, 3.8) is 0 Å². The van der Waals surface area contributed by atoms with Gasteiger partial charge in [0.25, 0.3) is 5.69 Å². The molecule has 0 aliphatic carbocycles. The molecule has 7 nitrogen and oxygen atoms in total. The van der Waals surface area contributed by atoms with Gasteiger partial charge in [0.05, 0.1) is 16.5 Å². The van der Waals surface area contributed by atoms with E-state index < -0.39 is 4.92 Å². The molecule has 3 rings (SSSR count). The average Bonchev–Trinajstić information content (AvgIpc) is 2.61. The number of rotatable bonds is 4. The summed E-state index contributed by atoms with van der Waals surface area (Å²) in [4.78, 5) is 18.7. The van der Waals surface area contributed by atoms with Gasteiger partial charge in [-0.25, -0.2) is 9.37 Å². The van der Waals surface area contributed by atoms with Crippen LogP contribution in [0.1, 0.15) is 0 Å². The van der Waals surface area contributed by atoms with Crippen LogP contribution in [0, 0.1) is 15.9 Å². The van der Waals surface area contributed by atoms with Crippen LogP contribution in [0.3, 0.4) is 0 Å². The van der Waals surface area contributed by atoms with Gasteiger partial charge in [-0.1, -0.05) is 0 Å². The molecule has 2 aromatic rings. The summed E-state index contributed by atoms with van der Waals surface area (Å²) in [5, 5.41) is 10.8. The van der Waals surface area contributed by atoms with Crippen molar-refractivity contribution in [3.8, 4) is 5.75 Å². The standard InChI is InChI=1S/C16H16BrFN4O3/c1-25-15-3-2-11(9-14(15)18)20-4-6-21(7-5-20)16-13(17)8-12(10-19-16)22(23)24/h2-3,8-10H,4-7H2,1H3. The number of benzene rings is 1. The number of ether oxygens (including phenoxy) is 1. The quantitative estimate of drug-likeness (QED) is 0.569. The van der Waals surface area contributed by atoms with Crippen molar-refractivity contribution < 1.29 is 14.1 Å². The highest BCUT2D eigenvalue weighted by atomic mass is 79.9. The van der Waals surface area contributed by atoms with Crippen LogP contribution in [0.15, 0.2) is 34.9 Å². The fourth-order valence-corrected chi connectivity index (χ4v) is 3.37. The molecule has 1 fully saturated rings. The highest BCUT2D eigenvalue weighted by molar-refractivity contribution is 9.10. The van der Waals surface area contributed by atoms with E-state index in [2.05, 4.69) is 25.8 Å². The molecule has 0 unspecified atom stereocenters. The van der Waals surface area contributed by atoms with Crippen molar-refractivity contribution in [2.45, 2.75) is 0 Å². The molecule has 0 N–H and O–H groups in total. The SMILES string of the molecule is COc1ccc(N2CCN(c3ncc([N+](=O)[O-])cc3Br)CC2)cc1F. The third-order valence-electron chi connectivity index (χ3n) is 4.10. The minimum absolute atomic E-state index is 0.0528. The van der Waals surface area contributed by atoms with Crippen LogP contribution in [0.5, 0.6) is 5.75 Å². The number of nitro groups is 1. The van der Waals surface area contributed by atoms with Crippen molar-refractivity contribution >= 4 is 33.1 Å². The van der Waals surface area contributed by atoms with E-state index in [1.807, 2.05) is 11.0 Å². The summed E-state index contributed by atoms with van der Waals surface area (Å²) in [6, 6.07) is 6.37. The minimum atomic E-state index is -0.475. The van der Waals surface area contributed by atoms with Crippen molar-refractivity contribution in [1.82, 2.24) is 4.98 Å². The zero-order valence-electron chi connectivity index (χ0n) is 13.5. The van der Waals surface area contributed by atoms with Crippen LogP contribution in [0.25, 0.3) is 0 Å². The summed E-state index contributed by atoms with van der Waals surface area (Å²) in [5.41, 5.74) is 0.747. The Bertz CT molecular complexity index is 797. The Morgan fingerprint density at radius 1 is 1.24 bits per heavy atom. The molecule has 0 spiro atoms. The third-order valence-corrected chi connectivity index (χ3v) is 4.68. The number of halogens is 2. The summed E-state index contributed by atoms with van der Waals surface area (Å²) < 4.78 is 19.4. The second-order valence-corrected chi connectivity index (χ2v) is 6.40. The fraction of sp³-hybridized carbons (Fsp3) is 0.312. The molecule has 1 aromatic heterocycles. The molecular weight excluding hydrogens is 395 g/mol. The van der Waals surface area contributed by atoms with Crippen LogP contribution >= 0.6 is 15.9 Å². The molecule has 1 saturated heterocycles. The molecule has 132 valence electrons. The molecule has 0 saturated carbocycles. The smallest absolute Gasteiger partial charge is 0.288 e. The van der Waals surface area contributed by atoms with Crippen molar-refractivity contribution in [1.29, 1.82) is 0 Å². The number of hydrogen-bond donors (Lipinski definition) is 0. The maximum absolute atomic E-state index is 13.9. The van der Waals surface area contributed by atoms with Gasteiger partial charge in [-0.2, -0.15) is 0 Å². The lowest BCUT2D eigenvalue weighted by atomic mass is 10.2. The highest BCUT2D eigenvalue weighted by Crippen LogP contribution is 2.29. The summed E-state index contributed by atoms with van der Waals surface area (Å²) >= 11 is 3.35. The zero-order valence-corrected chi connectivity index (χ0v) is 15.1. The largest absolute Gasteiger partial charge is 0.494 e. The Kier molecular flexibility index (Phi) is 5.03. The molecule has 25 heavy (non-hydrogen) atoms. The first kappa shape index (κ1) is 17.4. The number of aromatic nitrogens is 1. The van der Waals surface area contributed by atoms with E-state index >= 15 is 0 Å². The zero-order chi connectivity index (χ0) is 18.0. The predicted molar refractivity (Wildman–Crippen MR) is 96.0 cm³/mol. The number of hydrogen-bond acceptors (Lipinski definition) is 6. The van der Waals surface area contributed by atoms with Gasteiger partial charge in [-0.05, 0) is 28.1 Å². The topological polar surface area (TPSA) is 71.7 Å². The maximum atomic E-state index is 13.9. The Balaban J connectivity index is 1.69. The van der Waals surface area contributed by atoms with Crippen LogP contribution in [0.2, 0.25) is 0 Å². The van der Waals surface area contributed by atoms with Gasteiger partial charge in [0.2, 0.25) is 0 Å². The van der Waals surface area contributed by atoms with Gasteiger partial charge in [0.1, 0.15) is 12.0 Å². The molecule has 0 atom stereocenters. The van der Waals surface area contributed by atoms with Gasteiger partial charge in [0, 0.05) is 44.0 Å². The highest BCUT2D eigenvalue weighted by Gasteiger charge is 2.22. The Morgan fingerprint density at radius 2 is 1.92 bits per heavy atom. The van der Waals surface area contributed by atoms with Crippen LogP contribution < -0.4 is 14.5 Å². The minimum Gasteiger partial charge on any atom is -0.494 e. The lowest BCUT2D eigenvalue weighted by Crippen LogP contribution is -2.47. The Labute approximate surface area is 152 Å². The van der Waals surface area contributed by atoms with Gasteiger partial charge >= 0.3 is 0 Å². The monoisotopic (exact) mass is 410 g/mol. The van der Waals surface area contributed by atoms with Crippen molar-refractivity contribution in [2.24, 2.45) is 0 Å². The van der Waals surface area contributed by atoms with E-state index in [0.717, 1.165) is 5.69 Å². The van der Waals surface area contributed by atoms with Crippen LogP contribution in [-0.2, 0) is 0 Å². The average molecular weight is 411 g/mol. The molecule has 0 amide bonds. The molecule has 2 heterocycles. The number of piperazine rings is 1. The number of pyridine rings is 1. The number of nitrogens with zero attached hydrogens (tertiary/aromatic N) is 4. The van der Waals surface area contributed by atoms with Gasteiger partial charge in [0.15, 0.2) is 11.6 Å². The van der Waals surface area contributed by atoms with E-state index in [-0.39, 0.29) is 17.3 Å². The number of anilines is 2. The van der Waals surface area contributed by atoms with E-state index in [9.17, 15) is 14.5 Å². The first-order valence-corrected chi connectivity index (χ1v) is 8.42. The second-order valence-electron chi connectivity index (χ2n) is 5.55. The van der Waals surface area contributed by atoms with Crippen LogP contribution in [-0.4, -0.2) is 43.2 Å². The molecule has 1 aliphatic heterocycles. The molecule has 1 aromatic carbocycles. The van der Waals surface area contributed by atoms with Gasteiger partial charge in [-0.15, -0.1) is 0 Å². The summed E-state index contributed by atoms with van der Waals surface area (Å²) in [6.45, 7) is 2.74. The van der Waals surface area contributed by atoms with E-state index in [0.29, 0.717) is 36.5 Å². The Hall–Kier alpha value is -2.42. The van der Waals surface area contributed by atoms with Gasteiger partial charge < -0.3 is 14.5 Å². The molecular formula is C16H16BrFN4O3. The summed E-state index contributed by atoms with van der Waals surface area (Å²) in [6.07, 6.45) is 1.26. The van der Waals surface area contributed by atoms with Crippen molar-refractivity contribution in [3.05, 3.63) is 50.9 Å². The number of methoxy groups -OCH3 is 1. The van der Waals surface area contributed by atoms with Crippen LogP contribution in [0.4, 0.5) is 21.6 Å². The maximum Gasteiger partial charge on any atom is 0.288 e. The van der Waals surface area contributed by atoms with E-state index in [1.54, 1.807) is 6.07 Å². The molecule has 9 heteroatoms. The molecule has 0 radical (unpaired) electrons. The van der Waals surface area contributed by atoms with E-state index in [1.165, 1.54) is 25.4 Å². The Morgan fingerprint density at radius 3 is 2.48 bits per heavy atom. The lowest BCUT2D eigenvalue weighted by molar-refractivity contribution is -0.385. The molecule has 0 bridgehead atoms. The first-order chi connectivity index (χ1) is 12.0. The van der Waals surface area contributed by atoms with E-state index in [4.69, 9.17) is 4.74 Å². The third kappa shape index (κ3) is 3.65. The fourth-order valence-electron chi connectivity index (χ4n) is 2.78. The first-order valence-electron chi connectivity index (χ1n) is 7.63. The normalized spacial score (nSPS) is 14.5. The second kappa shape index (κ2) is 7.22. The molecule has 1 aliphatic rings. The van der Waals surface area contributed by atoms with Gasteiger partial charge in [-0.3, -0.25) is 10.1 Å². The summed E-state index contributed by atoms with van der Waals surface area (Å²) in [5.74, 6) is 0.509. The van der Waals surface area contributed by atoms with Crippen molar-refractivity contribution in [2.75, 3.05) is 43.1 Å².